The van der Waals surface area contributed by atoms with Crippen LogP contribution in [-0.4, -0.2) is 22.0 Å². The van der Waals surface area contributed by atoms with Crippen molar-refractivity contribution in [2.24, 2.45) is 4.99 Å². The number of rotatable bonds is 3. The number of carboxylic acid groups (broad SMARTS) is 1. The molecule has 1 atom stereocenters. The van der Waals surface area contributed by atoms with Gasteiger partial charge >= 0.3 is 5.97 Å². The molecule has 0 amide bonds. The molecular formula is C22H15ClN8O2. The zero-order valence-electron chi connectivity index (χ0n) is 16.8. The first-order valence-electron chi connectivity index (χ1n) is 9.46. The maximum absolute atomic E-state index is 11.3. The molecule has 11 heteroatoms. The minimum absolute atomic E-state index is 0.0220. The van der Waals surface area contributed by atoms with Crippen molar-refractivity contribution in [2.45, 2.75) is 6.04 Å². The molecule has 10 nitrogen and oxygen atoms in total. The number of carboxylic acids is 1. The van der Waals surface area contributed by atoms with Crippen LogP contribution in [0.25, 0.3) is 11.1 Å². The maximum Gasteiger partial charge on any atom is 0.337 e. The number of nitrogen functional groups attached to an aromatic ring is 2. The van der Waals surface area contributed by atoms with Gasteiger partial charge in [-0.25, -0.2) is 14.8 Å². The topological polar surface area (TPSA) is 186 Å². The van der Waals surface area contributed by atoms with Crippen LogP contribution in [0.15, 0.2) is 47.5 Å². The Morgan fingerprint density at radius 1 is 1.21 bits per heavy atom. The van der Waals surface area contributed by atoms with Gasteiger partial charge in [-0.3, -0.25) is 5.32 Å². The fourth-order valence-electron chi connectivity index (χ4n) is 3.66. The monoisotopic (exact) mass is 458 g/mol. The third-order valence-corrected chi connectivity index (χ3v) is 5.44. The van der Waals surface area contributed by atoms with Crippen LogP contribution in [0.2, 0.25) is 5.02 Å². The second-order valence-electron chi connectivity index (χ2n) is 6.99. The highest BCUT2D eigenvalue weighted by molar-refractivity contribution is 6.33. The SMILES string of the molecule is N#CNC1=NC(c2ccccc2-c2ccc(C(=O)O)c(Cl)c2)c2c(nc(N)c(C#N)c2N)N1. The first-order valence-corrected chi connectivity index (χ1v) is 9.84. The van der Waals surface area contributed by atoms with Gasteiger partial charge in [-0.15, -0.1) is 0 Å². The molecule has 1 unspecified atom stereocenters. The summed E-state index contributed by atoms with van der Waals surface area (Å²) in [6, 6.07) is 13.1. The van der Waals surface area contributed by atoms with Crippen molar-refractivity contribution in [3.8, 4) is 23.4 Å². The highest BCUT2D eigenvalue weighted by Crippen LogP contribution is 2.43. The lowest BCUT2D eigenvalue weighted by molar-refractivity contribution is 0.0697. The van der Waals surface area contributed by atoms with Gasteiger partial charge in [0, 0.05) is 5.56 Å². The van der Waals surface area contributed by atoms with Crippen LogP contribution in [-0.2, 0) is 0 Å². The average Bonchev–Trinajstić information content (AvgIpc) is 2.78. The van der Waals surface area contributed by atoms with E-state index >= 15 is 0 Å². The van der Waals surface area contributed by atoms with Crippen LogP contribution in [0.1, 0.15) is 33.1 Å². The van der Waals surface area contributed by atoms with Gasteiger partial charge in [0.15, 0.2) is 6.19 Å². The molecule has 1 aliphatic rings. The lowest BCUT2D eigenvalue weighted by atomic mass is 9.89. The Morgan fingerprint density at radius 2 is 1.97 bits per heavy atom. The van der Waals surface area contributed by atoms with E-state index in [-0.39, 0.29) is 39.4 Å². The number of nitrogens with zero attached hydrogens (tertiary/aromatic N) is 4. The number of aromatic carboxylic acids is 1. The minimum atomic E-state index is -1.13. The van der Waals surface area contributed by atoms with Gasteiger partial charge in [0.2, 0.25) is 5.96 Å². The van der Waals surface area contributed by atoms with Crippen molar-refractivity contribution in [3.63, 3.8) is 0 Å². The van der Waals surface area contributed by atoms with Gasteiger partial charge in [0.05, 0.1) is 16.3 Å². The van der Waals surface area contributed by atoms with E-state index in [0.717, 1.165) is 0 Å². The first-order chi connectivity index (χ1) is 15.8. The zero-order chi connectivity index (χ0) is 23.7. The van der Waals surface area contributed by atoms with Gasteiger partial charge in [-0.1, -0.05) is 41.9 Å². The van der Waals surface area contributed by atoms with E-state index in [9.17, 15) is 15.2 Å². The predicted molar refractivity (Wildman–Crippen MR) is 123 cm³/mol. The molecule has 0 saturated heterocycles. The number of pyridine rings is 1. The zero-order valence-corrected chi connectivity index (χ0v) is 17.6. The summed E-state index contributed by atoms with van der Waals surface area (Å²) in [7, 11) is 0. The van der Waals surface area contributed by atoms with E-state index in [0.29, 0.717) is 22.3 Å². The third-order valence-electron chi connectivity index (χ3n) is 5.12. The normalized spacial score (nSPS) is 14.2. The van der Waals surface area contributed by atoms with Gasteiger partial charge in [-0.05, 0) is 28.8 Å². The summed E-state index contributed by atoms with van der Waals surface area (Å²) in [4.78, 5) is 20.2. The number of anilines is 3. The standard InChI is InChI=1S/C22H15ClN8O2/c23-15-7-10(5-6-13(15)21(32)33)11-3-1-2-4-12(11)18-16-17(26)14(8-24)19(27)30-20(16)31-22(29-18)28-9-25/h1-7,18H,(H,32,33)(H6,26,27,28,29,30,31). The van der Waals surface area contributed by atoms with Crippen LogP contribution in [0.3, 0.4) is 0 Å². The van der Waals surface area contributed by atoms with Gasteiger partial charge in [0.25, 0.3) is 0 Å². The van der Waals surface area contributed by atoms with Crippen molar-refractivity contribution >= 4 is 40.9 Å². The number of aromatic nitrogens is 1. The Balaban J connectivity index is 1.96. The summed E-state index contributed by atoms with van der Waals surface area (Å²) in [6.45, 7) is 0. The number of nitrogens with one attached hydrogen (secondary N) is 2. The molecule has 1 aliphatic heterocycles. The summed E-state index contributed by atoms with van der Waals surface area (Å²) >= 11 is 6.20. The molecule has 0 fully saturated rings. The van der Waals surface area contributed by atoms with E-state index in [1.807, 2.05) is 24.3 Å². The fraction of sp³-hybridized carbons (Fsp3) is 0.0455. The van der Waals surface area contributed by atoms with E-state index in [1.54, 1.807) is 24.4 Å². The number of hydrogen-bond donors (Lipinski definition) is 5. The Kier molecular flexibility index (Phi) is 5.44. The Hall–Kier alpha value is -4.80. The van der Waals surface area contributed by atoms with E-state index < -0.39 is 12.0 Å². The molecule has 7 N–H and O–H groups in total. The molecule has 1 aromatic heterocycles. The summed E-state index contributed by atoms with van der Waals surface area (Å²) in [5.74, 6) is -0.803. The molecule has 0 saturated carbocycles. The highest BCUT2D eigenvalue weighted by atomic mass is 35.5. The minimum Gasteiger partial charge on any atom is -0.478 e. The number of fused-ring (bicyclic) bond motifs is 1. The lowest BCUT2D eigenvalue weighted by Crippen LogP contribution is -2.32. The van der Waals surface area contributed by atoms with E-state index in [4.69, 9.17) is 28.3 Å². The van der Waals surface area contributed by atoms with Gasteiger partial charge in [-0.2, -0.15) is 10.5 Å². The molecule has 162 valence electrons. The Morgan fingerprint density at radius 3 is 2.64 bits per heavy atom. The molecule has 0 spiro atoms. The lowest BCUT2D eigenvalue weighted by Gasteiger charge is -2.27. The van der Waals surface area contributed by atoms with Crippen molar-refractivity contribution in [3.05, 3.63) is 69.7 Å². The number of benzene rings is 2. The van der Waals surface area contributed by atoms with Crippen LogP contribution in [0.4, 0.5) is 17.3 Å². The molecule has 0 aliphatic carbocycles. The molecule has 0 radical (unpaired) electrons. The molecule has 0 bridgehead atoms. The van der Waals surface area contributed by atoms with E-state index in [2.05, 4.69) is 20.6 Å². The Bertz CT molecular complexity index is 1420. The molecule has 33 heavy (non-hydrogen) atoms. The molecule has 3 aromatic rings. The predicted octanol–water partition coefficient (Wildman–Crippen LogP) is 3.08. The number of nitriles is 2. The molecule has 4 rings (SSSR count). The number of halogens is 1. The third kappa shape index (κ3) is 3.71. The summed E-state index contributed by atoms with van der Waals surface area (Å²) in [5, 5.41) is 33.3. The van der Waals surface area contributed by atoms with Crippen molar-refractivity contribution in [1.82, 2.24) is 10.3 Å². The molecule has 2 aromatic carbocycles. The number of hydrogen-bond acceptors (Lipinski definition) is 9. The summed E-state index contributed by atoms with van der Waals surface area (Å²) in [5.41, 5.74) is 14.8. The average molecular weight is 459 g/mol. The number of nitrogens with two attached hydrogens (primary N) is 2. The summed E-state index contributed by atoms with van der Waals surface area (Å²) in [6.07, 6.45) is 1.80. The number of carbonyl (C=O) groups is 1. The first kappa shape index (κ1) is 21.4. The largest absolute Gasteiger partial charge is 0.478 e. The number of aliphatic imine (C=N–C) groups is 1. The van der Waals surface area contributed by atoms with Crippen LogP contribution in [0.5, 0.6) is 0 Å². The second kappa shape index (κ2) is 8.38. The van der Waals surface area contributed by atoms with Crippen LogP contribution >= 0.6 is 11.6 Å². The smallest absolute Gasteiger partial charge is 0.337 e. The fourth-order valence-corrected chi connectivity index (χ4v) is 3.92. The van der Waals surface area contributed by atoms with Crippen LogP contribution in [0, 0.1) is 22.8 Å². The van der Waals surface area contributed by atoms with Crippen molar-refractivity contribution in [2.75, 3.05) is 16.8 Å². The summed E-state index contributed by atoms with van der Waals surface area (Å²) < 4.78 is 0. The highest BCUT2D eigenvalue weighted by Gasteiger charge is 2.31. The molecule has 2 heterocycles. The van der Waals surface area contributed by atoms with Crippen LogP contribution < -0.4 is 22.1 Å². The van der Waals surface area contributed by atoms with Gasteiger partial charge in [0.1, 0.15) is 29.3 Å². The number of guanidine groups is 1. The van der Waals surface area contributed by atoms with Crippen molar-refractivity contribution < 1.29 is 9.90 Å². The van der Waals surface area contributed by atoms with E-state index in [1.165, 1.54) is 6.07 Å². The Labute approximate surface area is 192 Å². The van der Waals surface area contributed by atoms with Gasteiger partial charge < -0.3 is 21.9 Å². The van der Waals surface area contributed by atoms with Crippen molar-refractivity contribution in [1.29, 1.82) is 10.5 Å². The molecular weight excluding hydrogens is 444 g/mol. The quantitative estimate of drug-likeness (QED) is 0.290. The maximum atomic E-state index is 11.3. The second-order valence-corrected chi connectivity index (χ2v) is 7.40.